The van der Waals surface area contributed by atoms with Crippen LogP contribution in [0.2, 0.25) is 0 Å². The standard InChI is InChI=1S/C14H11F3N4O3/c15-14(16,17)8-2-1-3-9(6-8)21-7-10(19-20-21)11(22)18-13(4-5-13)12(23)24/h1-3,6-7H,4-5H2,(H,18,22)(H,23,24). The van der Waals surface area contributed by atoms with Crippen molar-refractivity contribution < 1.29 is 27.9 Å². The van der Waals surface area contributed by atoms with E-state index < -0.39 is 29.2 Å². The quantitative estimate of drug-likeness (QED) is 0.882. The molecule has 1 amide bonds. The highest BCUT2D eigenvalue weighted by Gasteiger charge is 2.52. The molecule has 1 aromatic heterocycles. The van der Waals surface area contributed by atoms with Gasteiger partial charge in [0, 0.05) is 0 Å². The lowest BCUT2D eigenvalue weighted by atomic mass is 10.2. The molecule has 2 aromatic rings. The molecule has 1 saturated carbocycles. The van der Waals surface area contributed by atoms with E-state index in [1.165, 1.54) is 12.1 Å². The lowest BCUT2D eigenvalue weighted by molar-refractivity contribution is -0.140. The number of aromatic nitrogens is 3. The van der Waals surface area contributed by atoms with Crippen molar-refractivity contribution in [2.45, 2.75) is 24.6 Å². The summed E-state index contributed by atoms with van der Waals surface area (Å²) in [5, 5.41) is 18.6. The van der Waals surface area contributed by atoms with Crippen molar-refractivity contribution in [1.29, 1.82) is 0 Å². The van der Waals surface area contributed by atoms with Gasteiger partial charge in [-0.2, -0.15) is 13.2 Å². The average Bonchev–Trinajstić information content (AvgIpc) is 3.13. The second kappa shape index (κ2) is 5.32. The molecule has 126 valence electrons. The number of aliphatic carboxylic acids is 1. The van der Waals surface area contributed by atoms with E-state index in [-0.39, 0.29) is 11.4 Å². The van der Waals surface area contributed by atoms with Gasteiger partial charge in [-0.05, 0) is 31.0 Å². The molecule has 0 saturated heterocycles. The Morgan fingerprint density at radius 3 is 2.58 bits per heavy atom. The molecule has 10 heteroatoms. The number of nitrogens with zero attached hydrogens (tertiary/aromatic N) is 3. The first-order valence-electron chi connectivity index (χ1n) is 6.87. The van der Waals surface area contributed by atoms with Gasteiger partial charge in [0.1, 0.15) is 5.54 Å². The number of rotatable bonds is 4. The highest BCUT2D eigenvalue weighted by atomic mass is 19.4. The van der Waals surface area contributed by atoms with Gasteiger partial charge in [0.25, 0.3) is 5.91 Å². The third kappa shape index (κ3) is 2.94. The molecule has 0 spiro atoms. The lowest BCUT2D eigenvalue weighted by Crippen LogP contribution is -2.43. The predicted octanol–water partition coefficient (Wildman–Crippen LogP) is 1.63. The van der Waals surface area contributed by atoms with Gasteiger partial charge in [-0.25, -0.2) is 9.48 Å². The number of carbonyl (C=O) groups excluding carboxylic acids is 1. The molecule has 2 N–H and O–H groups in total. The van der Waals surface area contributed by atoms with Crippen molar-refractivity contribution >= 4 is 11.9 Å². The van der Waals surface area contributed by atoms with E-state index in [0.717, 1.165) is 23.0 Å². The number of benzene rings is 1. The minimum Gasteiger partial charge on any atom is -0.480 e. The van der Waals surface area contributed by atoms with Crippen LogP contribution in [-0.2, 0) is 11.0 Å². The molecule has 7 nitrogen and oxygen atoms in total. The molecular formula is C14H11F3N4O3. The number of nitrogens with one attached hydrogen (secondary N) is 1. The first-order valence-corrected chi connectivity index (χ1v) is 6.87. The third-order valence-corrected chi connectivity index (χ3v) is 3.68. The van der Waals surface area contributed by atoms with Gasteiger partial charge in [-0.15, -0.1) is 5.10 Å². The molecule has 24 heavy (non-hydrogen) atoms. The maximum absolute atomic E-state index is 12.7. The second-order valence-electron chi connectivity index (χ2n) is 5.44. The summed E-state index contributed by atoms with van der Waals surface area (Å²) in [5.41, 5.74) is -2.24. The summed E-state index contributed by atoms with van der Waals surface area (Å²) in [6.07, 6.45) is -2.73. The van der Waals surface area contributed by atoms with Gasteiger partial charge in [0.2, 0.25) is 0 Å². The summed E-state index contributed by atoms with van der Waals surface area (Å²) >= 11 is 0. The molecule has 1 aliphatic rings. The molecular weight excluding hydrogens is 329 g/mol. The van der Waals surface area contributed by atoms with Crippen molar-refractivity contribution in [3.05, 3.63) is 41.7 Å². The van der Waals surface area contributed by atoms with Crippen LogP contribution in [0.15, 0.2) is 30.5 Å². The van der Waals surface area contributed by atoms with Crippen LogP contribution in [0.25, 0.3) is 5.69 Å². The molecule has 1 heterocycles. The Kier molecular flexibility index (Phi) is 3.54. The number of hydrogen-bond donors (Lipinski definition) is 2. The van der Waals surface area contributed by atoms with Gasteiger partial charge in [-0.1, -0.05) is 11.3 Å². The summed E-state index contributed by atoms with van der Waals surface area (Å²) in [4.78, 5) is 23.1. The monoisotopic (exact) mass is 340 g/mol. The van der Waals surface area contributed by atoms with Crippen molar-refractivity contribution in [1.82, 2.24) is 20.3 Å². The van der Waals surface area contributed by atoms with Gasteiger partial charge >= 0.3 is 12.1 Å². The number of carboxylic acid groups (broad SMARTS) is 1. The summed E-state index contributed by atoms with van der Waals surface area (Å²) < 4.78 is 39.2. The SMILES string of the molecule is O=C(NC1(C(=O)O)CC1)c1cn(-c2cccc(C(F)(F)F)c2)nn1. The normalized spacial score (nSPS) is 15.8. The molecule has 0 aliphatic heterocycles. The smallest absolute Gasteiger partial charge is 0.416 e. The van der Waals surface area contributed by atoms with Gasteiger partial charge < -0.3 is 10.4 Å². The van der Waals surface area contributed by atoms with Crippen molar-refractivity contribution in [2.75, 3.05) is 0 Å². The van der Waals surface area contributed by atoms with Crippen LogP contribution in [0, 0.1) is 0 Å². The van der Waals surface area contributed by atoms with Crippen molar-refractivity contribution in [3.8, 4) is 5.69 Å². The van der Waals surface area contributed by atoms with Crippen LogP contribution >= 0.6 is 0 Å². The average molecular weight is 340 g/mol. The van der Waals surface area contributed by atoms with E-state index in [4.69, 9.17) is 5.11 Å². The van der Waals surface area contributed by atoms with Crippen LogP contribution in [0.1, 0.15) is 28.9 Å². The number of halogens is 3. The molecule has 1 fully saturated rings. The zero-order valence-electron chi connectivity index (χ0n) is 12.0. The van der Waals surface area contributed by atoms with E-state index >= 15 is 0 Å². The fourth-order valence-electron chi connectivity index (χ4n) is 2.12. The Hall–Kier alpha value is -2.91. The maximum Gasteiger partial charge on any atom is 0.416 e. The summed E-state index contributed by atoms with van der Waals surface area (Å²) in [6.45, 7) is 0. The molecule has 1 aromatic carbocycles. The molecule has 1 aliphatic carbocycles. The van der Waals surface area contributed by atoms with Gasteiger partial charge in [0.05, 0.1) is 17.4 Å². The number of amides is 1. The Morgan fingerprint density at radius 2 is 2.00 bits per heavy atom. The summed E-state index contributed by atoms with van der Waals surface area (Å²) in [6, 6.07) is 4.38. The van der Waals surface area contributed by atoms with Crippen molar-refractivity contribution in [2.24, 2.45) is 0 Å². The molecule has 3 rings (SSSR count). The molecule has 0 unspecified atom stereocenters. The topological polar surface area (TPSA) is 97.1 Å². The highest BCUT2D eigenvalue weighted by Crippen LogP contribution is 2.35. The lowest BCUT2D eigenvalue weighted by Gasteiger charge is -2.10. The molecule has 0 radical (unpaired) electrons. The summed E-state index contributed by atoms with van der Waals surface area (Å²) in [5.74, 6) is -1.88. The molecule has 0 atom stereocenters. The largest absolute Gasteiger partial charge is 0.480 e. The maximum atomic E-state index is 12.7. The Labute approximate surface area is 133 Å². The van der Waals surface area contributed by atoms with Crippen molar-refractivity contribution in [3.63, 3.8) is 0 Å². The van der Waals surface area contributed by atoms with E-state index in [0.29, 0.717) is 12.8 Å². The predicted molar refractivity (Wildman–Crippen MR) is 73.4 cm³/mol. The van der Waals surface area contributed by atoms with Gasteiger partial charge in [-0.3, -0.25) is 4.79 Å². The number of carbonyl (C=O) groups is 2. The summed E-state index contributed by atoms with van der Waals surface area (Å²) in [7, 11) is 0. The van der Waals surface area contributed by atoms with Crippen LogP contribution in [-0.4, -0.2) is 37.5 Å². The number of carboxylic acids is 1. The second-order valence-corrected chi connectivity index (χ2v) is 5.44. The Bertz CT molecular complexity index is 812. The van der Waals surface area contributed by atoms with Crippen LogP contribution in [0.5, 0.6) is 0 Å². The Morgan fingerprint density at radius 1 is 1.29 bits per heavy atom. The first-order chi connectivity index (χ1) is 11.2. The van der Waals surface area contributed by atoms with E-state index in [1.807, 2.05) is 0 Å². The minimum absolute atomic E-state index is 0.0794. The number of hydrogen-bond acceptors (Lipinski definition) is 4. The third-order valence-electron chi connectivity index (χ3n) is 3.68. The zero-order valence-corrected chi connectivity index (χ0v) is 12.0. The van der Waals surface area contributed by atoms with E-state index in [2.05, 4.69) is 15.6 Å². The fourth-order valence-corrected chi connectivity index (χ4v) is 2.12. The number of alkyl halides is 3. The highest BCUT2D eigenvalue weighted by molar-refractivity contribution is 5.97. The van der Waals surface area contributed by atoms with Crippen LogP contribution < -0.4 is 5.32 Å². The van der Waals surface area contributed by atoms with E-state index in [1.54, 1.807) is 0 Å². The van der Waals surface area contributed by atoms with E-state index in [9.17, 15) is 22.8 Å². The molecule has 0 bridgehead atoms. The minimum atomic E-state index is -4.50. The first kappa shape index (κ1) is 16.0. The zero-order chi connectivity index (χ0) is 17.5. The Balaban J connectivity index is 1.81. The van der Waals surface area contributed by atoms with Crippen LogP contribution in [0.4, 0.5) is 13.2 Å². The fraction of sp³-hybridized carbons (Fsp3) is 0.286. The van der Waals surface area contributed by atoms with Crippen LogP contribution in [0.3, 0.4) is 0 Å². The van der Waals surface area contributed by atoms with Gasteiger partial charge in [0.15, 0.2) is 5.69 Å².